The summed E-state index contributed by atoms with van der Waals surface area (Å²) in [7, 11) is 0. The molecule has 0 radical (unpaired) electrons. The number of para-hydroxylation sites is 1. The molecular formula is C10H11NO4. The molecule has 0 bridgehead atoms. The molecule has 0 aromatic heterocycles. The maximum absolute atomic E-state index is 11.4. The molecule has 0 spiro atoms. The first-order valence-electron chi connectivity index (χ1n) is 4.35. The molecule has 0 atom stereocenters. The molecule has 0 aliphatic heterocycles. The molecule has 15 heavy (non-hydrogen) atoms. The molecule has 0 amide bonds. The van der Waals surface area contributed by atoms with Gasteiger partial charge in [0.05, 0.1) is 17.7 Å². The fourth-order valence-electron chi connectivity index (χ4n) is 1.14. The number of carbonyl (C=O) groups is 2. The highest BCUT2D eigenvalue weighted by Gasteiger charge is 2.13. The molecule has 0 aliphatic rings. The van der Waals surface area contributed by atoms with Gasteiger partial charge in [0.15, 0.2) is 5.78 Å². The number of phenolic OH excluding ortho intramolecular Hbond substituents is 1. The fourth-order valence-corrected chi connectivity index (χ4v) is 1.14. The number of benzene rings is 1. The van der Waals surface area contributed by atoms with Gasteiger partial charge in [0.2, 0.25) is 0 Å². The van der Waals surface area contributed by atoms with Gasteiger partial charge in [0.25, 0.3) is 0 Å². The van der Waals surface area contributed by atoms with Crippen molar-refractivity contribution in [3.05, 3.63) is 23.8 Å². The Labute approximate surface area is 86.1 Å². The monoisotopic (exact) mass is 209 g/mol. The first kappa shape index (κ1) is 11.0. The van der Waals surface area contributed by atoms with Crippen LogP contribution in [0.15, 0.2) is 18.2 Å². The van der Waals surface area contributed by atoms with Crippen molar-refractivity contribution >= 4 is 17.4 Å². The van der Waals surface area contributed by atoms with Crippen molar-refractivity contribution in [2.75, 3.05) is 5.73 Å². The second-order valence-electron chi connectivity index (χ2n) is 3.06. The van der Waals surface area contributed by atoms with Crippen molar-refractivity contribution in [3.63, 3.8) is 0 Å². The fraction of sp³-hybridized carbons (Fsp3) is 0.200. The normalized spacial score (nSPS) is 9.87. The summed E-state index contributed by atoms with van der Waals surface area (Å²) >= 11 is 0. The van der Waals surface area contributed by atoms with Crippen LogP contribution in [-0.2, 0) is 4.79 Å². The summed E-state index contributed by atoms with van der Waals surface area (Å²) in [4.78, 5) is 21.7. The van der Waals surface area contributed by atoms with Gasteiger partial charge in [0.1, 0.15) is 5.75 Å². The Balaban J connectivity index is 2.82. The lowest BCUT2D eigenvalue weighted by Gasteiger charge is -2.04. The van der Waals surface area contributed by atoms with Gasteiger partial charge in [-0.1, -0.05) is 6.07 Å². The van der Waals surface area contributed by atoms with Crippen molar-refractivity contribution in [1.82, 2.24) is 0 Å². The van der Waals surface area contributed by atoms with Crippen molar-refractivity contribution < 1.29 is 19.8 Å². The molecule has 0 unspecified atom stereocenters. The molecular weight excluding hydrogens is 198 g/mol. The molecule has 4 N–H and O–H groups in total. The minimum absolute atomic E-state index is 0.0660. The maximum Gasteiger partial charge on any atom is 0.303 e. The zero-order valence-electron chi connectivity index (χ0n) is 7.93. The molecule has 5 heteroatoms. The standard InChI is InChI=1S/C10H11NO4/c11-7-3-1-2-6(10(7)15)8(12)4-5-9(13)14/h1-3,15H,4-5,11H2,(H,13,14). The number of anilines is 1. The maximum atomic E-state index is 11.4. The summed E-state index contributed by atoms with van der Waals surface area (Å²) in [6.07, 6.45) is -0.403. The molecule has 0 aliphatic carbocycles. The number of rotatable bonds is 4. The average molecular weight is 209 g/mol. The van der Waals surface area contributed by atoms with Gasteiger partial charge in [-0.25, -0.2) is 0 Å². The summed E-state index contributed by atoms with van der Waals surface area (Å²) in [5.41, 5.74) is 5.57. The summed E-state index contributed by atoms with van der Waals surface area (Å²) in [6.45, 7) is 0. The predicted octanol–water partition coefficient (Wildman–Crippen LogP) is 1.02. The number of Topliss-reactive ketones (excluding diaryl/α,β-unsaturated/α-hetero) is 1. The average Bonchev–Trinajstić information content (AvgIpc) is 2.18. The van der Waals surface area contributed by atoms with E-state index >= 15 is 0 Å². The van der Waals surface area contributed by atoms with Gasteiger partial charge in [-0.05, 0) is 12.1 Å². The van der Waals surface area contributed by atoms with Gasteiger partial charge in [0, 0.05) is 6.42 Å². The van der Waals surface area contributed by atoms with Crippen LogP contribution in [0, 0.1) is 0 Å². The van der Waals surface area contributed by atoms with Crippen LogP contribution >= 0.6 is 0 Å². The number of aromatic hydroxyl groups is 1. The van der Waals surface area contributed by atoms with Crippen LogP contribution in [0.1, 0.15) is 23.2 Å². The summed E-state index contributed by atoms with van der Waals surface area (Å²) in [5, 5.41) is 17.8. The van der Waals surface area contributed by atoms with Crippen LogP contribution in [0.2, 0.25) is 0 Å². The van der Waals surface area contributed by atoms with E-state index in [2.05, 4.69) is 0 Å². The number of carboxylic acids is 1. The lowest BCUT2D eigenvalue weighted by molar-refractivity contribution is -0.136. The minimum atomic E-state index is -1.05. The van der Waals surface area contributed by atoms with Gasteiger partial charge in [-0.3, -0.25) is 9.59 Å². The van der Waals surface area contributed by atoms with Gasteiger partial charge in [-0.2, -0.15) is 0 Å². The number of hydrogen-bond acceptors (Lipinski definition) is 4. The molecule has 1 rings (SSSR count). The van der Waals surface area contributed by atoms with E-state index in [1.54, 1.807) is 0 Å². The first-order chi connectivity index (χ1) is 7.02. The molecule has 80 valence electrons. The lowest BCUT2D eigenvalue weighted by atomic mass is 10.0. The Bertz CT molecular complexity index is 400. The Morgan fingerprint density at radius 3 is 2.53 bits per heavy atom. The molecule has 5 nitrogen and oxygen atoms in total. The van der Waals surface area contributed by atoms with E-state index < -0.39 is 11.8 Å². The zero-order chi connectivity index (χ0) is 11.4. The van der Waals surface area contributed by atoms with Crippen LogP contribution in [0.25, 0.3) is 0 Å². The number of nitrogens with two attached hydrogens (primary N) is 1. The molecule has 1 aromatic carbocycles. The Morgan fingerprint density at radius 1 is 1.27 bits per heavy atom. The number of carboxylic acid groups (broad SMARTS) is 1. The lowest BCUT2D eigenvalue weighted by Crippen LogP contribution is -2.04. The molecule has 1 aromatic rings. The first-order valence-corrected chi connectivity index (χ1v) is 4.35. The number of ketones is 1. The highest BCUT2D eigenvalue weighted by molar-refractivity contribution is 6.01. The van der Waals surface area contributed by atoms with E-state index in [-0.39, 0.29) is 29.8 Å². The van der Waals surface area contributed by atoms with Crippen molar-refractivity contribution in [3.8, 4) is 5.75 Å². The minimum Gasteiger partial charge on any atom is -0.505 e. The highest BCUT2D eigenvalue weighted by atomic mass is 16.4. The van der Waals surface area contributed by atoms with Crippen LogP contribution in [-0.4, -0.2) is 22.0 Å². The van der Waals surface area contributed by atoms with E-state index in [1.165, 1.54) is 18.2 Å². The second kappa shape index (κ2) is 4.45. The number of phenols is 1. The van der Waals surface area contributed by atoms with Gasteiger partial charge in [-0.15, -0.1) is 0 Å². The molecule has 0 fully saturated rings. The van der Waals surface area contributed by atoms with Crippen molar-refractivity contribution in [2.24, 2.45) is 0 Å². The summed E-state index contributed by atoms with van der Waals surface area (Å²) in [5.74, 6) is -1.76. The van der Waals surface area contributed by atoms with Gasteiger partial charge < -0.3 is 15.9 Å². The molecule has 0 heterocycles. The quantitative estimate of drug-likeness (QED) is 0.390. The van der Waals surface area contributed by atoms with Crippen molar-refractivity contribution in [2.45, 2.75) is 12.8 Å². The Morgan fingerprint density at radius 2 is 1.93 bits per heavy atom. The smallest absolute Gasteiger partial charge is 0.303 e. The van der Waals surface area contributed by atoms with E-state index in [4.69, 9.17) is 10.8 Å². The third kappa shape index (κ3) is 2.70. The van der Waals surface area contributed by atoms with Crippen LogP contribution in [0.5, 0.6) is 5.75 Å². The van der Waals surface area contributed by atoms with Crippen molar-refractivity contribution in [1.29, 1.82) is 0 Å². The van der Waals surface area contributed by atoms with Gasteiger partial charge >= 0.3 is 5.97 Å². The molecule has 0 saturated heterocycles. The van der Waals surface area contributed by atoms with Crippen LogP contribution < -0.4 is 5.73 Å². The Hall–Kier alpha value is -2.04. The number of carbonyl (C=O) groups excluding carboxylic acids is 1. The highest BCUT2D eigenvalue weighted by Crippen LogP contribution is 2.25. The largest absolute Gasteiger partial charge is 0.505 e. The van der Waals surface area contributed by atoms with E-state index in [0.29, 0.717) is 0 Å². The zero-order valence-corrected chi connectivity index (χ0v) is 7.93. The van der Waals surface area contributed by atoms with E-state index in [1.807, 2.05) is 0 Å². The van der Waals surface area contributed by atoms with E-state index in [9.17, 15) is 14.7 Å². The SMILES string of the molecule is Nc1cccc(C(=O)CCC(=O)O)c1O. The third-order valence-corrected chi connectivity index (χ3v) is 1.93. The van der Waals surface area contributed by atoms with E-state index in [0.717, 1.165) is 0 Å². The number of aliphatic carboxylic acids is 1. The third-order valence-electron chi connectivity index (χ3n) is 1.93. The topological polar surface area (TPSA) is 101 Å². The number of nitrogen functional groups attached to an aromatic ring is 1. The van der Waals surface area contributed by atoms with Crippen LogP contribution in [0.3, 0.4) is 0 Å². The summed E-state index contributed by atoms with van der Waals surface area (Å²) < 4.78 is 0. The summed E-state index contributed by atoms with van der Waals surface area (Å²) in [6, 6.07) is 4.40. The predicted molar refractivity (Wildman–Crippen MR) is 53.7 cm³/mol. The second-order valence-corrected chi connectivity index (χ2v) is 3.06. The Kier molecular flexibility index (Phi) is 3.28. The molecule has 0 saturated carbocycles. The number of hydrogen-bond donors (Lipinski definition) is 3. The van der Waals surface area contributed by atoms with Crippen LogP contribution in [0.4, 0.5) is 5.69 Å².